The van der Waals surface area contributed by atoms with E-state index in [2.05, 4.69) is 6.92 Å². The minimum atomic E-state index is -0.395. The predicted molar refractivity (Wildman–Crippen MR) is 141 cm³/mol. The summed E-state index contributed by atoms with van der Waals surface area (Å²) in [6.07, 6.45) is 21.3. The minimum Gasteiger partial charge on any atom is -0.466 e. The predicted octanol–water partition coefficient (Wildman–Crippen LogP) is 8.79. The Hall–Kier alpha value is -1.84. The summed E-state index contributed by atoms with van der Waals surface area (Å²) in [7, 11) is 0. The zero-order chi connectivity index (χ0) is 24.9. The van der Waals surface area contributed by atoms with Crippen LogP contribution in [0.2, 0.25) is 0 Å². The first-order valence-electron chi connectivity index (χ1n) is 14.0. The Balaban J connectivity index is 1.86. The fraction of sp³-hybridized carbons (Fsp3) is 0.733. The molecule has 0 aliphatic carbocycles. The topological polar surface area (TPSA) is 52.6 Å². The molecular formula is C30H50O4. The van der Waals surface area contributed by atoms with Crippen molar-refractivity contribution in [3.8, 4) is 5.75 Å². The first kappa shape index (κ1) is 30.2. The summed E-state index contributed by atoms with van der Waals surface area (Å²) in [5.74, 6) is -0.154. The van der Waals surface area contributed by atoms with Crippen LogP contribution in [0.25, 0.3) is 0 Å². The lowest BCUT2D eigenvalue weighted by Gasteiger charge is -2.09. The van der Waals surface area contributed by atoms with Gasteiger partial charge in [-0.1, -0.05) is 115 Å². The van der Waals surface area contributed by atoms with Crippen LogP contribution < -0.4 is 4.74 Å². The number of rotatable bonds is 21. The number of hydrogen-bond acceptors (Lipinski definition) is 4. The van der Waals surface area contributed by atoms with Crippen molar-refractivity contribution >= 4 is 11.9 Å². The maximum absolute atomic E-state index is 12.0. The third-order valence-corrected chi connectivity index (χ3v) is 6.57. The summed E-state index contributed by atoms with van der Waals surface area (Å²) in [5.41, 5.74) is 2.02. The monoisotopic (exact) mass is 474 g/mol. The number of esters is 2. The lowest BCUT2D eigenvalue weighted by molar-refractivity contribution is -0.147. The van der Waals surface area contributed by atoms with E-state index in [1.807, 2.05) is 26.0 Å². The number of carbonyl (C=O) groups is 2. The Bertz CT molecular complexity index is 668. The Morgan fingerprint density at radius 1 is 0.647 bits per heavy atom. The van der Waals surface area contributed by atoms with Gasteiger partial charge >= 0.3 is 11.9 Å². The number of ether oxygens (including phenoxy) is 2. The molecule has 0 unspecified atom stereocenters. The van der Waals surface area contributed by atoms with Gasteiger partial charge in [0.15, 0.2) is 0 Å². The minimum absolute atomic E-state index is 0.0468. The molecule has 1 aromatic carbocycles. The number of aryl methyl sites for hydroxylation is 1. The van der Waals surface area contributed by atoms with Crippen LogP contribution in [0.1, 0.15) is 134 Å². The molecule has 0 aliphatic heterocycles. The fourth-order valence-electron chi connectivity index (χ4n) is 4.12. The first-order chi connectivity index (χ1) is 16.5. The SMILES string of the molecule is CCCCCCCCCCCCCCCCCCOC(=O)CCC(=O)Oc1cccc(C)c1C. The molecule has 4 nitrogen and oxygen atoms in total. The summed E-state index contributed by atoms with van der Waals surface area (Å²) in [4.78, 5) is 23.8. The maximum Gasteiger partial charge on any atom is 0.311 e. The molecule has 0 aromatic heterocycles. The van der Waals surface area contributed by atoms with Crippen molar-refractivity contribution in [2.75, 3.05) is 6.61 Å². The van der Waals surface area contributed by atoms with Crippen molar-refractivity contribution in [1.82, 2.24) is 0 Å². The van der Waals surface area contributed by atoms with Gasteiger partial charge in [-0.15, -0.1) is 0 Å². The molecule has 0 saturated carbocycles. The molecule has 4 heteroatoms. The van der Waals surface area contributed by atoms with Crippen molar-refractivity contribution in [3.63, 3.8) is 0 Å². The molecule has 0 N–H and O–H groups in total. The van der Waals surface area contributed by atoms with Gasteiger partial charge in [-0.25, -0.2) is 0 Å². The first-order valence-corrected chi connectivity index (χ1v) is 14.0. The molecular weight excluding hydrogens is 424 g/mol. The lowest BCUT2D eigenvalue weighted by Crippen LogP contribution is -2.13. The van der Waals surface area contributed by atoms with Gasteiger partial charge in [0.1, 0.15) is 5.75 Å². The molecule has 0 amide bonds. The van der Waals surface area contributed by atoms with Crippen LogP contribution in [-0.4, -0.2) is 18.5 Å². The van der Waals surface area contributed by atoms with Gasteiger partial charge in [-0.3, -0.25) is 9.59 Å². The molecule has 34 heavy (non-hydrogen) atoms. The Morgan fingerprint density at radius 3 is 1.65 bits per heavy atom. The molecule has 0 aliphatic rings. The second-order valence-electron chi connectivity index (χ2n) is 9.70. The van der Waals surface area contributed by atoms with E-state index in [0.29, 0.717) is 12.4 Å². The van der Waals surface area contributed by atoms with Gasteiger partial charge in [0.25, 0.3) is 0 Å². The second kappa shape index (κ2) is 20.5. The Morgan fingerprint density at radius 2 is 1.12 bits per heavy atom. The van der Waals surface area contributed by atoms with E-state index in [0.717, 1.165) is 24.0 Å². The van der Waals surface area contributed by atoms with E-state index in [4.69, 9.17) is 9.47 Å². The van der Waals surface area contributed by atoms with Crippen molar-refractivity contribution in [3.05, 3.63) is 29.3 Å². The van der Waals surface area contributed by atoms with Crippen molar-refractivity contribution in [2.24, 2.45) is 0 Å². The number of carbonyl (C=O) groups excluding carboxylic acids is 2. The lowest BCUT2D eigenvalue weighted by atomic mass is 10.0. The van der Waals surface area contributed by atoms with E-state index in [9.17, 15) is 9.59 Å². The van der Waals surface area contributed by atoms with Crippen LogP contribution in [0.15, 0.2) is 18.2 Å². The van der Waals surface area contributed by atoms with Gasteiger partial charge < -0.3 is 9.47 Å². The molecule has 0 spiro atoms. The van der Waals surface area contributed by atoms with Crippen LogP contribution in [0, 0.1) is 13.8 Å². The van der Waals surface area contributed by atoms with Gasteiger partial charge in [0.2, 0.25) is 0 Å². The zero-order valence-corrected chi connectivity index (χ0v) is 22.3. The second-order valence-corrected chi connectivity index (χ2v) is 9.70. The quantitative estimate of drug-likeness (QED) is 0.101. The van der Waals surface area contributed by atoms with Gasteiger partial charge in [0.05, 0.1) is 19.4 Å². The largest absolute Gasteiger partial charge is 0.466 e. The summed E-state index contributed by atoms with van der Waals surface area (Å²) in [6.45, 7) is 6.62. The third-order valence-electron chi connectivity index (χ3n) is 6.57. The van der Waals surface area contributed by atoms with E-state index in [1.165, 1.54) is 89.9 Å². The fourth-order valence-corrected chi connectivity index (χ4v) is 4.12. The summed E-state index contributed by atoms with van der Waals surface area (Å²) in [6, 6.07) is 5.61. The summed E-state index contributed by atoms with van der Waals surface area (Å²) < 4.78 is 10.6. The van der Waals surface area contributed by atoms with E-state index >= 15 is 0 Å². The molecule has 0 atom stereocenters. The molecule has 0 radical (unpaired) electrons. The Kier molecular flexibility index (Phi) is 18.2. The molecule has 1 aromatic rings. The van der Waals surface area contributed by atoms with Gasteiger partial charge in [-0.2, -0.15) is 0 Å². The normalized spacial score (nSPS) is 10.9. The van der Waals surface area contributed by atoms with E-state index in [1.54, 1.807) is 6.07 Å². The molecule has 0 heterocycles. The highest BCUT2D eigenvalue weighted by Gasteiger charge is 2.12. The molecule has 194 valence electrons. The smallest absolute Gasteiger partial charge is 0.311 e. The van der Waals surface area contributed by atoms with Crippen LogP contribution in [0.4, 0.5) is 0 Å². The zero-order valence-electron chi connectivity index (χ0n) is 22.3. The van der Waals surface area contributed by atoms with Crippen molar-refractivity contribution in [2.45, 2.75) is 136 Å². The van der Waals surface area contributed by atoms with Gasteiger partial charge in [-0.05, 0) is 37.5 Å². The average Bonchev–Trinajstić information content (AvgIpc) is 2.82. The molecule has 0 saturated heterocycles. The maximum atomic E-state index is 12.0. The number of unbranched alkanes of at least 4 members (excludes halogenated alkanes) is 15. The summed E-state index contributed by atoms with van der Waals surface area (Å²) >= 11 is 0. The molecule has 0 fully saturated rings. The van der Waals surface area contributed by atoms with Crippen LogP contribution in [-0.2, 0) is 14.3 Å². The van der Waals surface area contributed by atoms with Crippen molar-refractivity contribution in [1.29, 1.82) is 0 Å². The standard InChI is InChI=1S/C30H50O4/c1-4-5-6-7-8-9-10-11-12-13-14-15-16-17-18-19-25-33-29(31)23-24-30(32)34-28-22-20-21-26(2)27(28)3/h20-22H,4-19,23-25H2,1-3H3. The highest BCUT2D eigenvalue weighted by atomic mass is 16.5. The number of hydrogen-bond donors (Lipinski definition) is 0. The Labute approximate surface area is 209 Å². The van der Waals surface area contributed by atoms with E-state index < -0.39 is 5.97 Å². The van der Waals surface area contributed by atoms with E-state index in [-0.39, 0.29) is 18.8 Å². The highest BCUT2D eigenvalue weighted by Crippen LogP contribution is 2.21. The van der Waals surface area contributed by atoms with Crippen LogP contribution >= 0.6 is 0 Å². The highest BCUT2D eigenvalue weighted by molar-refractivity contribution is 5.79. The van der Waals surface area contributed by atoms with Gasteiger partial charge in [0, 0.05) is 0 Å². The van der Waals surface area contributed by atoms with Crippen LogP contribution in [0.5, 0.6) is 5.75 Å². The number of benzene rings is 1. The molecule has 1 rings (SSSR count). The third kappa shape index (κ3) is 15.9. The summed E-state index contributed by atoms with van der Waals surface area (Å²) in [5, 5.41) is 0. The molecule has 0 bridgehead atoms. The average molecular weight is 475 g/mol. The van der Waals surface area contributed by atoms with Crippen molar-refractivity contribution < 1.29 is 19.1 Å². The van der Waals surface area contributed by atoms with Crippen LogP contribution in [0.3, 0.4) is 0 Å².